The Bertz CT molecular complexity index is 414. The number of ether oxygens (including phenoxy) is 1. The minimum absolute atomic E-state index is 0. The van der Waals surface area contributed by atoms with Crippen LogP contribution < -0.4 is 15.5 Å². The van der Waals surface area contributed by atoms with Gasteiger partial charge < -0.3 is 25.4 Å². The van der Waals surface area contributed by atoms with E-state index in [1.807, 2.05) is 0 Å². The van der Waals surface area contributed by atoms with Crippen molar-refractivity contribution in [3.05, 3.63) is 6.33 Å². The first-order chi connectivity index (χ1) is 5.81. The fourth-order valence-electron chi connectivity index (χ4n) is 0.926. The molecule has 0 unspecified atom stereocenters. The van der Waals surface area contributed by atoms with Crippen LogP contribution in [0.1, 0.15) is 0 Å². The van der Waals surface area contributed by atoms with Crippen LogP contribution in [0, 0.1) is 0 Å². The van der Waals surface area contributed by atoms with E-state index in [1.54, 1.807) is 0 Å². The molecular formula is C6H6N5ORf-. The van der Waals surface area contributed by atoms with E-state index in [-0.39, 0.29) is 5.95 Å². The maximum Gasteiger partial charge on any atom is 0.226 e. The summed E-state index contributed by atoms with van der Waals surface area (Å²) >= 11 is 0. The molecule has 0 aliphatic heterocycles. The zero-order chi connectivity index (χ0) is 8.55. The van der Waals surface area contributed by atoms with Crippen molar-refractivity contribution in [3.63, 3.8) is 0 Å². The fraction of sp³-hybridized carbons (Fsp3) is 0.167. The van der Waals surface area contributed by atoms with Crippen molar-refractivity contribution >= 4 is 17.1 Å². The molecule has 7 heteroatoms. The molecule has 0 saturated heterocycles. The fourth-order valence-corrected chi connectivity index (χ4v) is 0.926. The van der Waals surface area contributed by atoms with Gasteiger partial charge in [-0.3, -0.25) is 0 Å². The van der Waals surface area contributed by atoms with Crippen molar-refractivity contribution < 1.29 is 4.74 Å². The summed E-state index contributed by atoms with van der Waals surface area (Å²) in [6.07, 6.45) is 1.39. The third kappa shape index (κ3) is 1.05. The van der Waals surface area contributed by atoms with Gasteiger partial charge >= 0.3 is 0 Å². The van der Waals surface area contributed by atoms with Crippen LogP contribution >= 0.6 is 0 Å². The number of aromatic nitrogens is 4. The minimum Gasteiger partial charge on any atom is -0.480 e. The van der Waals surface area contributed by atoms with E-state index in [9.17, 15) is 0 Å². The maximum atomic E-state index is 5.39. The van der Waals surface area contributed by atoms with Gasteiger partial charge in [0.15, 0.2) is 5.95 Å². The third-order valence-electron chi connectivity index (χ3n) is 1.41. The van der Waals surface area contributed by atoms with Crippen LogP contribution in [0.15, 0.2) is 6.33 Å². The van der Waals surface area contributed by atoms with Gasteiger partial charge in [0.1, 0.15) is 0 Å². The Kier molecular flexibility index (Phi) is 1.68. The van der Waals surface area contributed by atoms with E-state index in [4.69, 9.17) is 10.5 Å². The number of hydrogen-bond acceptors (Lipinski definition) is 5. The maximum absolute atomic E-state index is 5.39. The largest absolute Gasteiger partial charge is 0.480 e. The van der Waals surface area contributed by atoms with Crippen LogP contribution in [0.25, 0.3) is 11.2 Å². The summed E-state index contributed by atoms with van der Waals surface area (Å²) in [5.74, 6) is 0.495. The summed E-state index contributed by atoms with van der Waals surface area (Å²) in [5.41, 5.74) is 6.38. The molecule has 13 heavy (non-hydrogen) atoms. The Morgan fingerprint density at radius 2 is 2.23 bits per heavy atom. The van der Waals surface area contributed by atoms with Crippen molar-refractivity contribution in [1.82, 2.24) is 19.9 Å². The summed E-state index contributed by atoms with van der Waals surface area (Å²) in [6.45, 7) is 0. The standard InChI is InChI=1S/C6H6N5O.Rf/c1-12-5-3-4(9-2-8-3)10-6(7)11-5;/h2H,1H3,(H2-,7,8,9,10,11);/q-1;. The summed E-state index contributed by atoms with van der Waals surface area (Å²) in [6, 6.07) is 0. The molecule has 0 saturated carbocycles. The average Bonchev–Trinajstić information content (AvgIpc) is 2.50. The van der Waals surface area contributed by atoms with Gasteiger partial charge in [0, 0.05) is 5.65 Å². The molecule has 6 nitrogen and oxygen atoms in total. The normalized spacial score (nSPS) is 9.62. The Morgan fingerprint density at radius 1 is 1.46 bits per heavy atom. The molecule has 0 aliphatic carbocycles. The number of nitrogen functional groups attached to an aromatic ring is 1. The van der Waals surface area contributed by atoms with Crippen molar-refractivity contribution in [2.24, 2.45) is 0 Å². The van der Waals surface area contributed by atoms with E-state index in [2.05, 4.69) is 19.9 Å². The van der Waals surface area contributed by atoms with Gasteiger partial charge in [-0.05, 0) is 6.33 Å². The average molecular weight is 431 g/mol. The van der Waals surface area contributed by atoms with Gasteiger partial charge in [-0.25, -0.2) is 0 Å². The molecule has 2 aromatic heterocycles. The summed E-state index contributed by atoms with van der Waals surface area (Å²) in [7, 11) is 1.50. The molecule has 0 atom stereocenters. The molecule has 2 rings (SSSR count). The number of fused-ring (bicyclic) bond motifs is 1. The third-order valence-corrected chi connectivity index (χ3v) is 1.41. The van der Waals surface area contributed by atoms with Gasteiger partial charge in [-0.15, -0.1) is 0 Å². The number of nitrogens with two attached hydrogens (primary N) is 1. The molecule has 0 amide bonds. The zero-order valence-electron chi connectivity index (χ0n) is 7.06. The Labute approximate surface area is 67.8 Å². The van der Waals surface area contributed by atoms with Crippen LogP contribution in [-0.4, -0.2) is 22.1 Å². The van der Waals surface area contributed by atoms with E-state index in [1.165, 1.54) is 13.4 Å². The molecule has 64 valence electrons. The van der Waals surface area contributed by atoms with E-state index in [0.29, 0.717) is 17.0 Å². The van der Waals surface area contributed by atoms with Gasteiger partial charge in [-0.2, -0.15) is 4.98 Å². The SMILES string of the molecule is COc1nc(N)nc2[n-]cnc12.[Rf]. The number of imidazole rings is 1. The molecule has 2 aromatic rings. The molecule has 2 N–H and O–H groups in total. The van der Waals surface area contributed by atoms with Crippen molar-refractivity contribution in [2.75, 3.05) is 12.8 Å². The first-order valence-electron chi connectivity index (χ1n) is 3.26. The van der Waals surface area contributed by atoms with Crippen molar-refractivity contribution in [1.29, 1.82) is 0 Å². The molecule has 0 radical (unpaired) electrons. The Balaban J connectivity index is 0.000000845. The first kappa shape index (κ1) is 8.25. The molecule has 0 fully saturated rings. The predicted molar refractivity (Wildman–Crippen MR) is 41.6 cm³/mol. The second-order valence-corrected chi connectivity index (χ2v) is 2.14. The second kappa shape index (κ2) is 2.65. The summed E-state index contributed by atoms with van der Waals surface area (Å²) in [5, 5.41) is 0. The van der Waals surface area contributed by atoms with Gasteiger partial charge in [0.05, 0.1) is 12.6 Å². The van der Waals surface area contributed by atoms with E-state index >= 15 is 0 Å². The molecule has 0 bridgehead atoms. The first-order valence-corrected chi connectivity index (χ1v) is 3.26. The Morgan fingerprint density at radius 3 is 2.92 bits per heavy atom. The smallest absolute Gasteiger partial charge is 0.226 e. The van der Waals surface area contributed by atoms with Crippen LogP contribution in [0.5, 0.6) is 5.88 Å². The van der Waals surface area contributed by atoms with Crippen LogP contribution in [0.4, 0.5) is 5.95 Å². The molecule has 2 heterocycles. The second-order valence-electron chi connectivity index (χ2n) is 2.14. The molecular weight excluding hydrogens is 425 g/mol. The monoisotopic (exact) mass is 431 g/mol. The zero-order valence-corrected chi connectivity index (χ0v) is 13.5. The summed E-state index contributed by atoms with van der Waals surface area (Å²) in [4.78, 5) is 15.5. The van der Waals surface area contributed by atoms with Gasteiger partial charge in [-0.1, -0.05) is 0 Å². The van der Waals surface area contributed by atoms with Crippen LogP contribution in [0.2, 0.25) is 0 Å². The topological polar surface area (TPSA) is 88.0 Å². The number of nitrogens with zero attached hydrogens (tertiary/aromatic N) is 4. The van der Waals surface area contributed by atoms with Crippen LogP contribution in [-0.2, 0) is 0 Å². The number of anilines is 1. The Hall–Kier alpha value is -2.85. The predicted octanol–water partition coefficient (Wildman–Crippen LogP) is -0.427. The quantitative estimate of drug-likeness (QED) is 0.660. The van der Waals surface area contributed by atoms with Crippen LogP contribution in [0.3, 0.4) is 0 Å². The van der Waals surface area contributed by atoms with Crippen molar-refractivity contribution in [3.8, 4) is 5.88 Å². The summed E-state index contributed by atoms with van der Waals surface area (Å²) < 4.78 is 4.93. The van der Waals surface area contributed by atoms with E-state index < -0.39 is 0 Å². The number of rotatable bonds is 1. The van der Waals surface area contributed by atoms with E-state index in [0.717, 1.165) is 0 Å². The molecule has 0 aliphatic rings. The molecule has 0 aromatic carbocycles. The molecule has 0 spiro atoms. The minimum atomic E-state index is 0. The van der Waals surface area contributed by atoms with Gasteiger partial charge in [0.25, 0.3) is 0 Å². The number of methoxy groups -OCH3 is 1. The van der Waals surface area contributed by atoms with Crippen molar-refractivity contribution in [2.45, 2.75) is 0 Å². The number of hydrogen-bond donors (Lipinski definition) is 1. The van der Waals surface area contributed by atoms with Gasteiger partial charge in [0.2, 0.25) is 5.88 Å².